The third kappa shape index (κ3) is 7.87. The zero-order valence-corrected chi connectivity index (χ0v) is 19.3. The highest BCUT2D eigenvalue weighted by Gasteiger charge is 2.50. The van der Waals surface area contributed by atoms with E-state index in [9.17, 15) is 14.4 Å². The molecule has 0 aromatic heterocycles. The summed E-state index contributed by atoms with van der Waals surface area (Å²) < 4.78 is 10.2. The van der Waals surface area contributed by atoms with E-state index in [1.807, 2.05) is 44.2 Å². The molecule has 1 aromatic rings. The Kier molecular flexibility index (Phi) is 8.99. The number of carbonyl (C=O) groups excluding carboxylic acids is 3. The maximum absolute atomic E-state index is 13.2. The molecular formula is C21H31BrN2O5. The molecule has 162 valence electrons. The molecule has 8 heteroatoms. The lowest BCUT2D eigenvalue weighted by Crippen LogP contribution is -2.68. The highest BCUT2D eigenvalue weighted by atomic mass is 79.9. The fraction of sp³-hybridized carbons (Fsp3) is 0.571. The molecule has 0 aliphatic rings. The van der Waals surface area contributed by atoms with Gasteiger partial charge in [0, 0.05) is 10.7 Å². The first-order chi connectivity index (χ1) is 13.3. The van der Waals surface area contributed by atoms with Crippen molar-refractivity contribution < 1.29 is 23.9 Å². The summed E-state index contributed by atoms with van der Waals surface area (Å²) in [6, 6.07) is 9.30. The highest BCUT2D eigenvalue weighted by Crippen LogP contribution is 2.22. The van der Waals surface area contributed by atoms with Crippen molar-refractivity contribution in [1.82, 2.24) is 5.32 Å². The van der Waals surface area contributed by atoms with E-state index < -0.39 is 27.2 Å². The fourth-order valence-electron chi connectivity index (χ4n) is 2.77. The van der Waals surface area contributed by atoms with Gasteiger partial charge in [0.1, 0.15) is 0 Å². The van der Waals surface area contributed by atoms with Crippen molar-refractivity contribution in [2.45, 2.75) is 63.0 Å². The topological polar surface area (TPSA) is 108 Å². The van der Waals surface area contributed by atoms with E-state index in [-0.39, 0.29) is 32.1 Å². The number of amides is 1. The van der Waals surface area contributed by atoms with Gasteiger partial charge in [-0.25, -0.2) is 4.79 Å². The van der Waals surface area contributed by atoms with E-state index >= 15 is 0 Å². The van der Waals surface area contributed by atoms with Gasteiger partial charge in [0.25, 0.3) is 0 Å². The average Bonchev–Trinajstić information content (AvgIpc) is 2.59. The number of ketones is 1. The number of carbonyl (C=O) groups is 3. The number of hydrogen-bond acceptors (Lipinski definition) is 6. The van der Waals surface area contributed by atoms with Crippen LogP contribution in [-0.4, -0.2) is 46.3 Å². The van der Waals surface area contributed by atoms with E-state index in [1.165, 1.54) is 13.8 Å². The summed E-state index contributed by atoms with van der Waals surface area (Å²) in [6.07, 6.45) is 0.144. The molecular weight excluding hydrogens is 440 g/mol. The van der Waals surface area contributed by atoms with Gasteiger partial charge in [0.05, 0.1) is 25.4 Å². The van der Waals surface area contributed by atoms with Crippen molar-refractivity contribution in [2.24, 2.45) is 5.73 Å². The van der Waals surface area contributed by atoms with Crippen LogP contribution in [0, 0.1) is 0 Å². The largest absolute Gasteiger partial charge is 0.464 e. The van der Waals surface area contributed by atoms with Gasteiger partial charge < -0.3 is 20.5 Å². The van der Waals surface area contributed by atoms with Crippen LogP contribution in [0.1, 0.15) is 46.6 Å². The van der Waals surface area contributed by atoms with Crippen LogP contribution >= 0.6 is 15.9 Å². The lowest BCUT2D eigenvalue weighted by atomic mass is 9.83. The van der Waals surface area contributed by atoms with Crippen LogP contribution in [0.25, 0.3) is 0 Å². The SMILES string of the molecule is CCOC(=O)[C@@](N)(COCc1ccccc1)C(=O)C(C)(C)NC(=O)CC(C)(C)Br. The zero-order chi connectivity index (χ0) is 22.3. The van der Waals surface area contributed by atoms with Crippen molar-refractivity contribution in [3.63, 3.8) is 0 Å². The summed E-state index contributed by atoms with van der Waals surface area (Å²) >= 11 is 3.40. The summed E-state index contributed by atoms with van der Waals surface area (Å²) in [5.41, 5.74) is 3.64. The Balaban J connectivity index is 2.96. The predicted octanol–water partition coefficient (Wildman–Crippen LogP) is 2.49. The van der Waals surface area contributed by atoms with E-state index in [4.69, 9.17) is 15.2 Å². The zero-order valence-electron chi connectivity index (χ0n) is 17.7. The monoisotopic (exact) mass is 470 g/mol. The Morgan fingerprint density at radius 1 is 1.10 bits per heavy atom. The summed E-state index contributed by atoms with van der Waals surface area (Å²) in [5.74, 6) is -1.92. The molecule has 29 heavy (non-hydrogen) atoms. The molecule has 0 saturated heterocycles. The molecule has 0 spiro atoms. The molecule has 1 atom stereocenters. The minimum atomic E-state index is -2.05. The van der Waals surface area contributed by atoms with Crippen molar-refractivity contribution in [1.29, 1.82) is 0 Å². The number of alkyl halides is 1. The quantitative estimate of drug-likeness (QED) is 0.292. The van der Waals surface area contributed by atoms with Gasteiger partial charge in [0.2, 0.25) is 5.91 Å². The van der Waals surface area contributed by atoms with Crippen LogP contribution < -0.4 is 11.1 Å². The molecule has 1 rings (SSSR count). The van der Waals surface area contributed by atoms with E-state index in [0.717, 1.165) is 5.56 Å². The van der Waals surface area contributed by atoms with Gasteiger partial charge in [-0.15, -0.1) is 0 Å². The Hall–Kier alpha value is -1.77. The van der Waals surface area contributed by atoms with Crippen LogP contribution in [0.4, 0.5) is 0 Å². The molecule has 0 aliphatic carbocycles. The highest BCUT2D eigenvalue weighted by molar-refractivity contribution is 9.10. The number of ether oxygens (including phenoxy) is 2. The average molecular weight is 471 g/mol. The second-order valence-corrected chi connectivity index (χ2v) is 10.2. The van der Waals surface area contributed by atoms with Gasteiger partial charge >= 0.3 is 5.97 Å². The first-order valence-corrected chi connectivity index (χ1v) is 10.2. The Bertz CT molecular complexity index is 716. The Labute approximate surface area is 180 Å². The second kappa shape index (κ2) is 10.3. The summed E-state index contributed by atoms with van der Waals surface area (Å²) in [6.45, 7) is 8.18. The summed E-state index contributed by atoms with van der Waals surface area (Å²) in [5, 5.41) is 2.66. The third-order valence-corrected chi connectivity index (χ3v) is 4.37. The minimum Gasteiger partial charge on any atom is -0.464 e. The van der Waals surface area contributed by atoms with Gasteiger partial charge in [-0.2, -0.15) is 0 Å². The molecule has 1 aromatic carbocycles. The predicted molar refractivity (Wildman–Crippen MR) is 115 cm³/mol. The number of nitrogens with two attached hydrogens (primary N) is 1. The number of halogens is 1. The van der Waals surface area contributed by atoms with Crippen LogP contribution in [0.3, 0.4) is 0 Å². The maximum Gasteiger partial charge on any atom is 0.336 e. The van der Waals surface area contributed by atoms with Gasteiger partial charge in [0.15, 0.2) is 11.3 Å². The minimum absolute atomic E-state index is 0.0638. The van der Waals surface area contributed by atoms with Crippen LogP contribution in [-0.2, 0) is 30.5 Å². The molecule has 0 fully saturated rings. The van der Waals surface area contributed by atoms with Crippen LogP contribution in [0.15, 0.2) is 30.3 Å². The molecule has 7 nitrogen and oxygen atoms in total. The molecule has 1 amide bonds. The number of nitrogens with one attached hydrogen (secondary N) is 1. The van der Waals surface area contributed by atoms with Gasteiger partial charge in [-0.3, -0.25) is 9.59 Å². The van der Waals surface area contributed by atoms with Gasteiger partial charge in [-0.05, 0) is 40.2 Å². The van der Waals surface area contributed by atoms with E-state index in [2.05, 4.69) is 21.2 Å². The maximum atomic E-state index is 13.2. The standard InChI is InChI=1S/C21H31BrN2O5/c1-6-29-18(27)21(23,14-28-13-15-10-8-7-9-11-15)17(26)20(4,5)24-16(25)12-19(2,3)22/h7-11H,6,12-14,23H2,1-5H3,(H,24,25)/t21-/m1/s1. The number of rotatable bonds is 11. The number of Topliss-reactive ketones (excluding diaryl/α,β-unsaturated/α-hetero) is 1. The molecule has 0 saturated carbocycles. The Morgan fingerprint density at radius 2 is 1.69 bits per heavy atom. The first kappa shape index (κ1) is 25.3. The molecule has 3 N–H and O–H groups in total. The second-order valence-electron chi connectivity index (χ2n) is 8.07. The number of hydrogen-bond donors (Lipinski definition) is 2. The van der Waals surface area contributed by atoms with Crippen LogP contribution in [0.5, 0.6) is 0 Å². The smallest absolute Gasteiger partial charge is 0.336 e. The Morgan fingerprint density at radius 3 is 2.21 bits per heavy atom. The van der Waals surface area contributed by atoms with Crippen LogP contribution in [0.2, 0.25) is 0 Å². The van der Waals surface area contributed by atoms with Crippen molar-refractivity contribution in [3.05, 3.63) is 35.9 Å². The van der Waals surface area contributed by atoms with E-state index in [0.29, 0.717) is 0 Å². The molecule has 0 bridgehead atoms. The molecule has 0 heterocycles. The number of esters is 1. The van der Waals surface area contributed by atoms with Crippen molar-refractivity contribution in [2.75, 3.05) is 13.2 Å². The third-order valence-electron chi connectivity index (χ3n) is 4.09. The van der Waals surface area contributed by atoms with E-state index in [1.54, 1.807) is 6.92 Å². The number of benzene rings is 1. The molecule has 0 unspecified atom stereocenters. The fourth-order valence-corrected chi connectivity index (χ4v) is 3.02. The van der Waals surface area contributed by atoms with Crippen molar-refractivity contribution >= 4 is 33.6 Å². The van der Waals surface area contributed by atoms with Crippen molar-refractivity contribution in [3.8, 4) is 0 Å². The summed E-state index contributed by atoms with van der Waals surface area (Å²) in [7, 11) is 0. The first-order valence-electron chi connectivity index (χ1n) is 9.44. The lowest BCUT2D eigenvalue weighted by Gasteiger charge is -2.34. The molecule has 0 radical (unpaired) electrons. The molecule has 0 aliphatic heterocycles. The van der Waals surface area contributed by atoms with Gasteiger partial charge in [-0.1, -0.05) is 46.3 Å². The normalized spacial score (nSPS) is 14.0. The lowest BCUT2D eigenvalue weighted by molar-refractivity contribution is -0.159. The summed E-state index contributed by atoms with van der Waals surface area (Å²) in [4.78, 5) is 38.1.